The maximum Gasteiger partial charge on any atom is 0.252 e. The summed E-state index contributed by atoms with van der Waals surface area (Å²) in [4.78, 5) is 16.7. The van der Waals surface area contributed by atoms with Gasteiger partial charge in [-0.1, -0.05) is 60.2 Å². The number of nitrogens with zero attached hydrogens (tertiary/aromatic N) is 1. The van der Waals surface area contributed by atoms with Crippen molar-refractivity contribution in [1.82, 2.24) is 4.98 Å². The Hall–Kier alpha value is -2.59. The normalized spacial score (nSPS) is 10.6. The van der Waals surface area contributed by atoms with E-state index in [1.54, 1.807) is 0 Å². The highest BCUT2D eigenvalue weighted by Gasteiger charge is 2.18. The Labute approximate surface area is 145 Å². The van der Waals surface area contributed by atoms with Crippen molar-refractivity contribution in [2.75, 3.05) is 6.26 Å². The monoisotopic (exact) mass is 334 g/mol. The molecule has 2 aromatic carbocycles. The third-order valence-electron chi connectivity index (χ3n) is 3.86. The van der Waals surface area contributed by atoms with Crippen molar-refractivity contribution in [2.24, 2.45) is 5.73 Å². The molecule has 0 aliphatic heterocycles. The van der Waals surface area contributed by atoms with E-state index in [1.165, 1.54) is 17.3 Å². The fraction of sp³-hybridized carbons (Fsp3) is 0.100. The molecule has 2 N–H and O–H groups in total. The van der Waals surface area contributed by atoms with Crippen molar-refractivity contribution in [1.29, 1.82) is 0 Å². The van der Waals surface area contributed by atoms with Gasteiger partial charge in [0, 0.05) is 5.56 Å². The summed E-state index contributed by atoms with van der Waals surface area (Å²) >= 11 is 1.43. The summed E-state index contributed by atoms with van der Waals surface area (Å²) in [5, 5.41) is 0.652. The Morgan fingerprint density at radius 1 is 1.00 bits per heavy atom. The summed E-state index contributed by atoms with van der Waals surface area (Å²) in [5.74, 6) is -0.456. The van der Waals surface area contributed by atoms with Gasteiger partial charge in [0.15, 0.2) is 0 Å². The van der Waals surface area contributed by atoms with Gasteiger partial charge >= 0.3 is 0 Å². The number of nitrogens with two attached hydrogens (primary N) is 1. The van der Waals surface area contributed by atoms with Gasteiger partial charge < -0.3 is 5.73 Å². The van der Waals surface area contributed by atoms with Crippen LogP contribution < -0.4 is 5.73 Å². The third-order valence-corrected chi connectivity index (χ3v) is 4.54. The lowest BCUT2D eigenvalue weighted by atomic mass is 9.97. The molecule has 1 aromatic heterocycles. The van der Waals surface area contributed by atoms with E-state index in [1.807, 2.05) is 73.8 Å². The molecule has 3 rings (SSSR count). The number of pyridine rings is 1. The summed E-state index contributed by atoms with van der Waals surface area (Å²) in [6.07, 6.45) is 1.91. The second-order valence-electron chi connectivity index (χ2n) is 5.54. The number of aryl methyl sites for hydroxylation is 1. The number of rotatable bonds is 4. The zero-order valence-electron chi connectivity index (χ0n) is 13.6. The maximum atomic E-state index is 12.1. The zero-order chi connectivity index (χ0) is 17.1. The van der Waals surface area contributed by atoms with E-state index in [0.29, 0.717) is 10.6 Å². The van der Waals surface area contributed by atoms with Crippen molar-refractivity contribution in [3.8, 4) is 22.4 Å². The summed E-state index contributed by atoms with van der Waals surface area (Å²) in [7, 11) is 0. The average molecular weight is 334 g/mol. The highest BCUT2D eigenvalue weighted by Crippen LogP contribution is 2.33. The van der Waals surface area contributed by atoms with Crippen molar-refractivity contribution in [2.45, 2.75) is 11.9 Å². The minimum Gasteiger partial charge on any atom is -0.365 e. The molecule has 0 bridgehead atoms. The molecule has 1 heterocycles. The third kappa shape index (κ3) is 3.19. The van der Waals surface area contributed by atoms with Crippen LogP contribution in [0.15, 0.2) is 65.7 Å². The van der Waals surface area contributed by atoms with Crippen LogP contribution >= 0.6 is 11.8 Å². The molecule has 0 aliphatic rings. The van der Waals surface area contributed by atoms with Gasteiger partial charge in [0.25, 0.3) is 5.91 Å². The highest BCUT2D eigenvalue weighted by molar-refractivity contribution is 7.98. The fourth-order valence-corrected chi connectivity index (χ4v) is 3.23. The van der Waals surface area contributed by atoms with Gasteiger partial charge in [0.2, 0.25) is 0 Å². The van der Waals surface area contributed by atoms with E-state index in [-0.39, 0.29) is 0 Å². The van der Waals surface area contributed by atoms with Crippen LogP contribution in [0.2, 0.25) is 0 Å². The van der Waals surface area contributed by atoms with Crippen molar-refractivity contribution in [3.63, 3.8) is 0 Å². The number of carbonyl (C=O) groups is 1. The van der Waals surface area contributed by atoms with Crippen molar-refractivity contribution < 1.29 is 4.79 Å². The number of primary amides is 1. The average Bonchev–Trinajstić information content (AvgIpc) is 2.61. The SMILES string of the molecule is CSc1nc(-c2ccccc2)cc(-c2ccc(C)cc2)c1C(N)=O. The van der Waals surface area contributed by atoms with E-state index in [9.17, 15) is 4.79 Å². The van der Waals surface area contributed by atoms with Gasteiger partial charge in [0.05, 0.1) is 11.3 Å². The van der Waals surface area contributed by atoms with E-state index in [2.05, 4.69) is 4.98 Å². The molecule has 0 saturated heterocycles. The molecule has 3 aromatic rings. The molecule has 0 fully saturated rings. The Morgan fingerprint density at radius 2 is 1.67 bits per heavy atom. The predicted octanol–water partition coefficient (Wildman–Crippen LogP) is 4.54. The Kier molecular flexibility index (Phi) is 4.67. The molecule has 0 atom stereocenters. The zero-order valence-corrected chi connectivity index (χ0v) is 14.4. The van der Waals surface area contributed by atoms with E-state index >= 15 is 0 Å². The van der Waals surface area contributed by atoms with E-state index in [4.69, 9.17) is 5.73 Å². The second-order valence-corrected chi connectivity index (χ2v) is 6.33. The molecule has 0 spiro atoms. The molecule has 0 radical (unpaired) electrons. The molecule has 4 heteroatoms. The smallest absolute Gasteiger partial charge is 0.252 e. The Balaban J connectivity index is 2.28. The predicted molar refractivity (Wildman–Crippen MR) is 100 cm³/mol. The molecule has 0 saturated carbocycles. The van der Waals surface area contributed by atoms with Crippen LogP contribution in [-0.4, -0.2) is 17.1 Å². The molecular weight excluding hydrogens is 316 g/mol. The number of hydrogen-bond acceptors (Lipinski definition) is 3. The van der Waals surface area contributed by atoms with Gasteiger partial charge in [-0.2, -0.15) is 0 Å². The molecule has 24 heavy (non-hydrogen) atoms. The molecule has 0 aliphatic carbocycles. The van der Waals surface area contributed by atoms with Gasteiger partial charge in [-0.05, 0) is 30.4 Å². The second kappa shape index (κ2) is 6.89. The summed E-state index contributed by atoms with van der Waals surface area (Å²) in [6.45, 7) is 2.04. The molecule has 1 amide bonds. The fourth-order valence-electron chi connectivity index (χ4n) is 2.63. The van der Waals surface area contributed by atoms with Crippen molar-refractivity contribution in [3.05, 3.63) is 71.8 Å². The lowest BCUT2D eigenvalue weighted by Crippen LogP contribution is -2.15. The van der Waals surface area contributed by atoms with Crippen LogP contribution in [0.3, 0.4) is 0 Å². The number of aromatic nitrogens is 1. The van der Waals surface area contributed by atoms with Crippen LogP contribution in [0.1, 0.15) is 15.9 Å². The first kappa shape index (κ1) is 16.3. The maximum absolute atomic E-state index is 12.1. The lowest BCUT2D eigenvalue weighted by Gasteiger charge is -2.14. The van der Waals surface area contributed by atoms with Crippen LogP contribution in [0.4, 0.5) is 0 Å². The van der Waals surface area contributed by atoms with Gasteiger partial charge in [-0.25, -0.2) is 4.98 Å². The number of benzene rings is 2. The van der Waals surface area contributed by atoms with Gasteiger partial charge in [-0.3, -0.25) is 4.79 Å². The molecular formula is C20H18N2OS. The minimum atomic E-state index is -0.456. The van der Waals surface area contributed by atoms with Crippen LogP contribution in [0.5, 0.6) is 0 Å². The molecule has 3 nitrogen and oxygen atoms in total. The summed E-state index contributed by atoms with van der Waals surface area (Å²) < 4.78 is 0. The topological polar surface area (TPSA) is 56.0 Å². The number of hydrogen-bond donors (Lipinski definition) is 1. The molecule has 120 valence electrons. The first-order valence-electron chi connectivity index (χ1n) is 7.61. The van der Waals surface area contributed by atoms with Crippen molar-refractivity contribution >= 4 is 17.7 Å². The van der Waals surface area contributed by atoms with Gasteiger partial charge in [-0.15, -0.1) is 11.8 Å². The van der Waals surface area contributed by atoms with Crippen LogP contribution in [0, 0.1) is 6.92 Å². The summed E-state index contributed by atoms with van der Waals surface area (Å²) in [6, 6.07) is 20.0. The quantitative estimate of drug-likeness (QED) is 0.712. The first-order valence-corrected chi connectivity index (χ1v) is 8.84. The largest absolute Gasteiger partial charge is 0.365 e. The van der Waals surface area contributed by atoms with Crippen LogP contribution in [0.25, 0.3) is 22.4 Å². The van der Waals surface area contributed by atoms with Gasteiger partial charge in [0.1, 0.15) is 5.03 Å². The van der Waals surface area contributed by atoms with Crippen LogP contribution in [-0.2, 0) is 0 Å². The minimum absolute atomic E-state index is 0.456. The standard InChI is InChI=1S/C20H18N2OS/c1-13-8-10-14(11-9-13)16-12-17(15-6-4-3-5-7-15)22-20(24-2)18(16)19(21)23/h3-12H,1-2H3,(H2,21,23). The Morgan fingerprint density at radius 3 is 2.25 bits per heavy atom. The lowest BCUT2D eigenvalue weighted by molar-refractivity contribution is 0.0997. The first-order chi connectivity index (χ1) is 11.6. The number of amides is 1. The summed E-state index contributed by atoms with van der Waals surface area (Å²) in [5.41, 5.74) is 10.9. The van der Waals surface area contributed by atoms with E-state index < -0.39 is 5.91 Å². The highest BCUT2D eigenvalue weighted by atomic mass is 32.2. The van der Waals surface area contributed by atoms with E-state index in [0.717, 1.165) is 22.4 Å². The number of carbonyl (C=O) groups excluding carboxylic acids is 1. The molecule has 0 unspecified atom stereocenters. The number of thioether (sulfide) groups is 1. The Bertz CT molecular complexity index is 874.